The maximum atomic E-state index is 15.0. The molecular formula is C95H183N23O19S5. The van der Waals surface area contributed by atoms with Gasteiger partial charge in [0.25, 0.3) is 0 Å². The van der Waals surface area contributed by atoms with Gasteiger partial charge in [0.05, 0.1) is 28.9 Å². The second kappa shape index (κ2) is 79.3. The molecule has 0 aliphatic carbocycles. The number of thioether (sulfide) groups is 2. The van der Waals surface area contributed by atoms with Gasteiger partial charge in [-0.1, -0.05) is 86.1 Å². The maximum absolute atomic E-state index is 15.0. The molecule has 0 aromatic heterocycles. The molecule has 47 heteroatoms. The molecule has 0 saturated carbocycles. The number of likely N-dealkylation sites (N-methyl/N-ethyl adjacent to an activating group) is 1. The molecule has 0 spiro atoms. The molecule has 0 aromatic carbocycles. The molecule has 0 fully saturated rings. The summed E-state index contributed by atoms with van der Waals surface area (Å²) in [7, 11) is 6.08. The number of carbonyl (C=O) groups excluding carboxylic acids is 14. The number of carbonyl (C=O) groups is 15. The summed E-state index contributed by atoms with van der Waals surface area (Å²) in [5.41, 5.74) is 66.5. The van der Waals surface area contributed by atoms with E-state index < -0.39 is 176 Å². The molecule has 15 unspecified atom stereocenters. The van der Waals surface area contributed by atoms with Crippen LogP contribution in [0, 0.1) is 16.2 Å². The van der Waals surface area contributed by atoms with E-state index in [1.807, 2.05) is 39.8 Å². The monoisotopic (exact) mass is 2110 g/mol. The summed E-state index contributed by atoms with van der Waals surface area (Å²) in [5.74, 6) is -10.8. The Labute approximate surface area is 865 Å². The van der Waals surface area contributed by atoms with Gasteiger partial charge < -0.3 is 146 Å². The van der Waals surface area contributed by atoms with Crippen LogP contribution in [0.2, 0.25) is 0 Å². The van der Waals surface area contributed by atoms with Gasteiger partial charge in [-0.3, -0.25) is 71.9 Å². The molecule has 0 aliphatic rings. The highest BCUT2D eigenvalue weighted by atomic mass is 33.1. The van der Waals surface area contributed by atoms with E-state index in [4.69, 9.17) is 95.2 Å². The number of nitrogens with zero attached hydrogens (tertiary/aromatic N) is 1. The Kier molecular flexibility index (Phi) is 75.4. The van der Waals surface area contributed by atoms with Crippen molar-refractivity contribution < 1.29 is 91.2 Å². The predicted octanol–water partition coefficient (Wildman–Crippen LogP) is 2.30. The van der Waals surface area contributed by atoms with E-state index in [1.165, 1.54) is 33.3 Å². The molecule has 0 rings (SSSR count). The van der Waals surface area contributed by atoms with E-state index in [0.29, 0.717) is 177 Å². The van der Waals surface area contributed by atoms with Crippen molar-refractivity contribution in [1.29, 1.82) is 0 Å². The molecule has 142 heavy (non-hydrogen) atoms. The van der Waals surface area contributed by atoms with Crippen molar-refractivity contribution in [2.45, 2.75) is 364 Å². The second-order valence-corrected chi connectivity index (χ2v) is 44.0. The maximum Gasteiger partial charge on any atom is 0.320 e. The quantitative estimate of drug-likeness (QED) is 0.0137. The lowest BCUT2D eigenvalue weighted by molar-refractivity contribution is -0.170. The number of hydrogen-bond acceptors (Lipinski definition) is 35. The number of hydrogen-bond donors (Lipinski definition) is 23. The average Bonchev–Trinajstić information content (AvgIpc) is 0.764. The Bertz CT molecular complexity index is 3700. The molecule has 0 bridgehead atoms. The summed E-state index contributed by atoms with van der Waals surface area (Å²) in [5, 5.41) is 38.9. The number of amides is 11. The minimum Gasteiger partial charge on any atom is -0.480 e. The zero-order valence-corrected chi connectivity index (χ0v) is 90.5. The lowest BCUT2D eigenvalue weighted by atomic mass is 9.62. The molecule has 822 valence electrons. The third-order valence-corrected chi connectivity index (χ3v) is 29.7. The minimum atomic E-state index is -1.62. The van der Waals surface area contributed by atoms with E-state index in [2.05, 4.69) is 53.2 Å². The molecule has 0 radical (unpaired) electrons. The van der Waals surface area contributed by atoms with Gasteiger partial charge in [0.15, 0.2) is 0 Å². The number of nitrogens with two attached hydrogens (primary N) is 12. The topological polar surface area (TPSA) is 740 Å². The zero-order chi connectivity index (χ0) is 107. The van der Waals surface area contributed by atoms with Crippen molar-refractivity contribution in [2.24, 2.45) is 85.0 Å². The van der Waals surface area contributed by atoms with Gasteiger partial charge in [-0.25, -0.2) is 0 Å². The number of nitrogens with one attached hydrogen (secondary N) is 10. The van der Waals surface area contributed by atoms with Crippen LogP contribution in [0.1, 0.15) is 292 Å². The highest BCUT2D eigenvalue weighted by Crippen LogP contribution is 2.52. The summed E-state index contributed by atoms with van der Waals surface area (Å²) in [4.78, 5) is 218. The van der Waals surface area contributed by atoms with Crippen LogP contribution in [0.15, 0.2) is 0 Å². The number of rotatable bonds is 88. The molecule has 0 heterocycles. The molecule has 0 aromatic rings. The third-order valence-electron chi connectivity index (χ3n) is 24.5. The number of thiocarbonyl (C=S) groups is 1. The fourth-order valence-corrected chi connectivity index (χ4v) is 21.3. The lowest BCUT2D eigenvalue weighted by Gasteiger charge is -2.43. The highest BCUT2D eigenvalue weighted by molar-refractivity contribution is 8.76. The Morgan fingerprint density at radius 1 is 0.345 bits per heavy atom. The Morgan fingerprint density at radius 3 is 0.866 bits per heavy atom. The number of esters is 3. The van der Waals surface area contributed by atoms with Gasteiger partial charge in [-0.15, -0.1) is 11.8 Å². The summed E-state index contributed by atoms with van der Waals surface area (Å²) >= 11 is 8.02. The molecule has 0 aliphatic heterocycles. The van der Waals surface area contributed by atoms with Crippen molar-refractivity contribution in [3.05, 3.63) is 0 Å². The SMILES string of the molecule is CCCCOC(=O)C(C)(CC(C)(CC(C)(CC)C(=O)OCCSSCC(N)C(=O)NC(CCCCN)C(=O)NC(CCCCN)C(=O)NC(CCCCN)C(=O)NC(CCCCN)C(=O)NC(CCCCN)C(=O)NC(CCCCN)C(=O)NC(CCCCN)C(=O)NC(CCCCN)C(=O)NC(CCCCN)C(=O)NC(CCCCN)C(N)=O)C(=O)OCCN(C)C)CC(CCC)(SC(=S)SCC)C(=O)O. The second-order valence-electron chi connectivity index (χ2n) is 37.5. The summed E-state index contributed by atoms with van der Waals surface area (Å²) in [6.45, 7) is 15.1. The van der Waals surface area contributed by atoms with Crippen LogP contribution in [0.25, 0.3) is 0 Å². The Balaban J connectivity index is 7.30. The third kappa shape index (κ3) is 55.7. The van der Waals surface area contributed by atoms with Crippen molar-refractivity contribution in [1.82, 2.24) is 58.1 Å². The van der Waals surface area contributed by atoms with Crippen molar-refractivity contribution in [3.63, 3.8) is 0 Å². The predicted molar refractivity (Wildman–Crippen MR) is 569 cm³/mol. The van der Waals surface area contributed by atoms with Crippen molar-refractivity contribution in [2.75, 3.05) is 123 Å². The van der Waals surface area contributed by atoms with Crippen LogP contribution in [-0.4, -0.2) is 297 Å². The van der Waals surface area contributed by atoms with Crippen LogP contribution in [0.3, 0.4) is 0 Å². The number of unbranched alkanes of at least 4 members (excludes halogenated alkanes) is 11. The van der Waals surface area contributed by atoms with Gasteiger partial charge in [-0.05, 0) is 337 Å². The molecule has 15 atom stereocenters. The average molecular weight is 2110 g/mol. The Hall–Kier alpha value is -6.94. The zero-order valence-electron chi connectivity index (χ0n) is 86.5. The van der Waals surface area contributed by atoms with Gasteiger partial charge in [0.1, 0.15) is 81.9 Å². The van der Waals surface area contributed by atoms with Crippen LogP contribution in [0.4, 0.5) is 0 Å². The number of aliphatic carboxylic acids is 1. The van der Waals surface area contributed by atoms with Crippen LogP contribution < -0.4 is 122 Å². The first-order valence-electron chi connectivity index (χ1n) is 51.2. The van der Waals surface area contributed by atoms with E-state index in [0.717, 1.165) is 11.8 Å². The normalized spacial score (nSPS) is 15.5. The fourth-order valence-electron chi connectivity index (χ4n) is 16.2. The van der Waals surface area contributed by atoms with Gasteiger partial charge in [0.2, 0.25) is 65.0 Å². The van der Waals surface area contributed by atoms with E-state index in [9.17, 15) is 77.0 Å². The first-order chi connectivity index (χ1) is 67.6. The van der Waals surface area contributed by atoms with Crippen molar-refractivity contribution >= 4 is 150 Å². The number of primary amides is 1. The largest absolute Gasteiger partial charge is 0.480 e. The molecule has 11 amide bonds. The summed E-state index contributed by atoms with van der Waals surface area (Å²) < 4.78 is 16.6. The Morgan fingerprint density at radius 2 is 0.606 bits per heavy atom. The molecule has 0 saturated heterocycles. The first kappa shape index (κ1) is 135. The highest BCUT2D eigenvalue weighted by Gasteiger charge is 2.56. The minimum absolute atomic E-state index is 0.00348. The first-order valence-corrected chi connectivity index (χ1v) is 55.9. The van der Waals surface area contributed by atoms with Crippen LogP contribution >= 0.6 is 57.3 Å². The number of carboxylic acids is 1. The molecular weight excluding hydrogens is 1930 g/mol. The van der Waals surface area contributed by atoms with Gasteiger partial charge in [-0.2, -0.15) is 0 Å². The summed E-state index contributed by atoms with van der Waals surface area (Å²) in [6, 6.07) is -14.0. The van der Waals surface area contributed by atoms with E-state index in [1.54, 1.807) is 27.7 Å². The van der Waals surface area contributed by atoms with E-state index in [-0.39, 0.29) is 180 Å². The molecule has 42 nitrogen and oxygen atoms in total. The van der Waals surface area contributed by atoms with Crippen molar-refractivity contribution in [3.8, 4) is 0 Å². The van der Waals surface area contributed by atoms with Crippen LogP contribution in [-0.2, 0) is 86.1 Å². The number of ether oxygens (including phenoxy) is 3. The van der Waals surface area contributed by atoms with Gasteiger partial charge in [0, 0.05) is 18.1 Å². The van der Waals surface area contributed by atoms with Gasteiger partial charge >= 0.3 is 23.9 Å². The standard InChI is InChI=1S/C95H183N23O19S5/c1-10-14-57-135-90(134)94(7,64-95(45-11-2,87(130)131)142-91(138)139-13-4)63-93(6,89(133)136-58-56-118(8)9)62-92(5,12-3)88(132)137-59-60-140-141-61-65(106)77(120)109-67(36-16-26-47-97)79(122)111-69(38-18-28-49-99)81(124)113-71(40-20-30-51-101)83(126)115-73(42-22-32-53-103)85(128)117-75(44-24-34-55-105)86(129)116-74(43-23-33-54-104)84(127)114-72(41-21-31-52-102)82(125)112-70(39-19-29-50-100)80(123)110-68(37-17-27-48-98)78(121)108-66(76(107)119)35-15-25-46-96/h65-75H,10-64,96-106H2,1-9H3,(H2,107,119)(H,108,121)(H,109,120)(H,110,123)(H,111,122)(H,112,125)(H,113,124)(H,114,127)(H,115,126)(H,116,129)(H,117,128)(H,130,131). The lowest BCUT2D eigenvalue weighted by Crippen LogP contribution is -2.60. The fraction of sp³-hybridized carbons (Fsp3) is 0.832. The van der Waals surface area contributed by atoms with E-state index >= 15 is 0 Å². The summed E-state index contributed by atoms with van der Waals surface area (Å²) in [6.07, 6.45) is 9.83. The van der Waals surface area contributed by atoms with Crippen LogP contribution in [0.5, 0.6) is 0 Å². The number of carboxylic acid groups (broad SMARTS) is 1. The smallest absolute Gasteiger partial charge is 0.320 e. The molecule has 35 N–H and O–H groups in total.